The molecule has 1 unspecified atom stereocenters. The highest BCUT2D eigenvalue weighted by molar-refractivity contribution is 7.80. The lowest BCUT2D eigenvalue weighted by atomic mass is 10.1. The molecule has 1 amide bonds. The molecule has 0 aromatic rings. The Bertz CT molecular complexity index is 259. The second-order valence-corrected chi connectivity index (χ2v) is 5.27. The summed E-state index contributed by atoms with van der Waals surface area (Å²) in [6.07, 6.45) is 3.34. The first kappa shape index (κ1) is 17.3. The first-order valence-corrected chi connectivity index (χ1v) is 6.98. The summed E-state index contributed by atoms with van der Waals surface area (Å²) in [5, 5.41) is 0. The molecule has 0 aromatic carbocycles. The Morgan fingerprint density at radius 1 is 1.44 bits per heavy atom. The van der Waals surface area contributed by atoms with E-state index in [0.29, 0.717) is 36.9 Å². The molecule has 0 radical (unpaired) electrons. The summed E-state index contributed by atoms with van der Waals surface area (Å²) < 4.78 is 5.50. The number of hydrogen-bond acceptors (Lipinski definition) is 3. The molecule has 0 saturated heterocycles. The fraction of sp³-hybridized carbons (Fsp3) is 0.846. The van der Waals surface area contributed by atoms with Crippen LogP contribution in [0.2, 0.25) is 0 Å². The van der Waals surface area contributed by atoms with Crippen LogP contribution in [0.25, 0.3) is 0 Å². The molecule has 0 aliphatic carbocycles. The van der Waals surface area contributed by atoms with E-state index >= 15 is 0 Å². The van der Waals surface area contributed by atoms with Crippen molar-refractivity contribution in [3.8, 4) is 0 Å². The predicted molar refractivity (Wildman–Crippen MR) is 78.5 cm³/mol. The highest BCUT2D eigenvalue weighted by Crippen LogP contribution is 2.05. The third-order valence-electron chi connectivity index (χ3n) is 2.76. The molecule has 0 spiro atoms. The van der Waals surface area contributed by atoms with Crippen molar-refractivity contribution < 1.29 is 9.53 Å². The van der Waals surface area contributed by atoms with Crippen LogP contribution in [0, 0.1) is 5.92 Å². The van der Waals surface area contributed by atoms with Gasteiger partial charge in [-0.05, 0) is 12.3 Å². The van der Waals surface area contributed by atoms with E-state index in [1.165, 1.54) is 12.8 Å². The third kappa shape index (κ3) is 9.36. The van der Waals surface area contributed by atoms with E-state index in [9.17, 15) is 4.79 Å². The maximum atomic E-state index is 11.7. The summed E-state index contributed by atoms with van der Waals surface area (Å²) >= 11 is 4.78. The molecule has 0 rings (SSSR count). The Morgan fingerprint density at radius 3 is 2.67 bits per heavy atom. The van der Waals surface area contributed by atoms with Crippen LogP contribution in [0.5, 0.6) is 0 Å². The van der Waals surface area contributed by atoms with Crippen LogP contribution >= 0.6 is 12.2 Å². The largest absolute Gasteiger partial charge is 0.393 e. The minimum Gasteiger partial charge on any atom is -0.393 e. The number of nitrogens with zero attached hydrogens (tertiary/aromatic N) is 1. The maximum absolute atomic E-state index is 11.7. The van der Waals surface area contributed by atoms with Crippen LogP contribution in [0.1, 0.15) is 39.5 Å². The zero-order chi connectivity index (χ0) is 14.0. The average Bonchev–Trinajstić information content (AvgIpc) is 2.31. The fourth-order valence-electron chi connectivity index (χ4n) is 1.61. The van der Waals surface area contributed by atoms with E-state index in [-0.39, 0.29) is 5.91 Å². The molecule has 1 atom stereocenters. The molecule has 0 aliphatic rings. The second kappa shape index (κ2) is 10.3. The molecule has 0 saturated carbocycles. The lowest BCUT2D eigenvalue weighted by Crippen LogP contribution is -2.30. The van der Waals surface area contributed by atoms with Gasteiger partial charge < -0.3 is 15.4 Å². The minimum atomic E-state index is 0.0781. The highest BCUT2D eigenvalue weighted by atomic mass is 32.1. The third-order valence-corrected chi connectivity index (χ3v) is 2.97. The molecule has 0 bridgehead atoms. The summed E-state index contributed by atoms with van der Waals surface area (Å²) in [6, 6.07) is 0. The Hall–Kier alpha value is -0.680. The second-order valence-electron chi connectivity index (χ2n) is 4.75. The van der Waals surface area contributed by atoms with Crippen LogP contribution < -0.4 is 5.73 Å². The Labute approximate surface area is 116 Å². The van der Waals surface area contributed by atoms with E-state index in [1.54, 1.807) is 11.9 Å². The number of ether oxygens (including phenoxy) is 1. The summed E-state index contributed by atoms with van der Waals surface area (Å²) in [6.45, 7) is 6.14. The summed E-state index contributed by atoms with van der Waals surface area (Å²) in [5.74, 6) is 0.645. The molecule has 0 fully saturated rings. The molecule has 5 heteroatoms. The smallest absolute Gasteiger partial charge is 0.224 e. The van der Waals surface area contributed by atoms with Gasteiger partial charge in [0.2, 0.25) is 5.91 Å². The van der Waals surface area contributed by atoms with Crippen LogP contribution in [-0.2, 0) is 9.53 Å². The summed E-state index contributed by atoms with van der Waals surface area (Å²) in [5.41, 5.74) is 5.39. The molecule has 18 heavy (non-hydrogen) atoms. The minimum absolute atomic E-state index is 0.0781. The first-order valence-electron chi connectivity index (χ1n) is 6.57. The van der Waals surface area contributed by atoms with Gasteiger partial charge in [-0.3, -0.25) is 4.79 Å². The van der Waals surface area contributed by atoms with Crippen molar-refractivity contribution in [3.05, 3.63) is 0 Å². The summed E-state index contributed by atoms with van der Waals surface area (Å²) in [4.78, 5) is 13.8. The van der Waals surface area contributed by atoms with Gasteiger partial charge in [-0.15, -0.1) is 0 Å². The number of hydrogen-bond donors (Lipinski definition) is 1. The van der Waals surface area contributed by atoms with Gasteiger partial charge in [0, 0.05) is 26.6 Å². The molecule has 106 valence electrons. The molecule has 4 nitrogen and oxygen atoms in total. The highest BCUT2D eigenvalue weighted by Gasteiger charge is 2.09. The van der Waals surface area contributed by atoms with E-state index in [0.717, 1.165) is 6.61 Å². The molecule has 0 aliphatic heterocycles. The Morgan fingerprint density at radius 2 is 2.11 bits per heavy atom. The van der Waals surface area contributed by atoms with Gasteiger partial charge >= 0.3 is 0 Å². The van der Waals surface area contributed by atoms with Crippen molar-refractivity contribution in [2.24, 2.45) is 11.7 Å². The zero-order valence-corrected chi connectivity index (χ0v) is 12.6. The predicted octanol–water partition coefficient (Wildman–Crippen LogP) is 1.96. The number of carbonyl (C=O) groups is 1. The van der Waals surface area contributed by atoms with Gasteiger partial charge in [-0.25, -0.2) is 0 Å². The van der Waals surface area contributed by atoms with Crippen molar-refractivity contribution in [1.82, 2.24) is 4.90 Å². The van der Waals surface area contributed by atoms with Gasteiger partial charge in [0.05, 0.1) is 18.0 Å². The summed E-state index contributed by atoms with van der Waals surface area (Å²) in [7, 11) is 1.76. The lowest BCUT2D eigenvalue weighted by Gasteiger charge is -2.17. The van der Waals surface area contributed by atoms with Gasteiger partial charge in [0.15, 0.2) is 0 Å². The number of carbonyl (C=O) groups excluding carboxylic acids is 1. The van der Waals surface area contributed by atoms with E-state index < -0.39 is 0 Å². The first-order chi connectivity index (χ1) is 8.47. The van der Waals surface area contributed by atoms with Gasteiger partial charge in [0.25, 0.3) is 0 Å². The van der Waals surface area contributed by atoms with Crippen LogP contribution in [0.3, 0.4) is 0 Å². The normalized spacial score (nSPS) is 12.2. The van der Waals surface area contributed by atoms with E-state index in [1.807, 2.05) is 0 Å². The molecule has 0 heterocycles. The van der Waals surface area contributed by atoms with Crippen molar-refractivity contribution in [2.45, 2.75) is 39.5 Å². The van der Waals surface area contributed by atoms with Crippen LogP contribution in [0.4, 0.5) is 0 Å². The zero-order valence-electron chi connectivity index (χ0n) is 11.8. The van der Waals surface area contributed by atoms with Gasteiger partial charge in [0.1, 0.15) is 0 Å². The van der Waals surface area contributed by atoms with Crippen molar-refractivity contribution in [3.63, 3.8) is 0 Å². The monoisotopic (exact) mass is 274 g/mol. The van der Waals surface area contributed by atoms with Crippen molar-refractivity contribution >= 4 is 23.1 Å². The maximum Gasteiger partial charge on any atom is 0.224 e. The Balaban J connectivity index is 3.60. The average molecular weight is 274 g/mol. The van der Waals surface area contributed by atoms with E-state index in [2.05, 4.69) is 13.8 Å². The van der Waals surface area contributed by atoms with Gasteiger partial charge in [-0.1, -0.05) is 32.5 Å². The number of amides is 1. The molecular weight excluding hydrogens is 248 g/mol. The quantitative estimate of drug-likeness (QED) is 0.489. The lowest BCUT2D eigenvalue weighted by molar-refractivity contribution is -0.131. The van der Waals surface area contributed by atoms with Crippen LogP contribution in [-0.4, -0.2) is 42.6 Å². The van der Waals surface area contributed by atoms with Crippen LogP contribution in [0.15, 0.2) is 0 Å². The van der Waals surface area contributed by atoms with Crippen molar-refractivity contribution in [2.75, 3.05) is 26.8 Å². The standard InChI is InChI=1S/C13H26N2O2S/c1-4-5-11(2)10-17-9-7-13(16)15(3)8-6-12(14)18/h11H,4-10H2,1-3H3,(H2,14,18). The molecule has 2 N–H and O–H groups in total. The fourth-order valence-corrected chi connectivity index (χ4v) is 1.70. The number of nitrogens with two attached hydrogens (primary N) is 1. The topological polar surface area (TPSA) is 55.6 Å². The molecule has 0 aromatic heterocycles. The Kier molecular flexibility index (Phi) is 9.87. The van der Waals surface area contributed by atoms with Gasteiger partial charge in [-0.2, -0.15) is 0 Å². The van der Waals surface area contributed by atoms with Crippen molar-refractivity contribution in [1.29, 1.82) is 0 Å². The van der Waals surface area contributed by atoms with E-state index in [4.69, 9.17) is 22.7 Å². The SMILES string of the molecule is CCCC(C)COCCC(=O)N(C)CCC(N)=S. The molecular formula is C13H26N2O2S. The number of thiocarbonyl (C=S) groups is 1. The number of rotatable bonds is 10.